The van der Waals surface area contributed by atoms with Crippen molar-refractivity contribution in [2.45, 2.75) is 44.6 Å². The minimum atomic E-state index is -0.0871. The molecule has 94 valence electrons. The van der Waals surface area contributed by atoms with Gasteiger partial charge in [-0.25, -0.2) is 0 Å². The first kappa shape index (κ1) is 11.7. The van der Waals surface area contributed by atoms with E-state index in [4.69, 9.17) is 5.73 Å². The van der Waals surface area contributed by atoms with Crippen molar-refractivity contribution in [3.8, 4) is 0 Å². The Labute approximate surface area is 109 Å². The van der Waals surface area contributed by atoms with Crippen LogP contribution >= 0.6 is 0 Å². The van der Waals surface area contributed by atoms with E-state index in [1.165, 1.54) is 41.2 Å². The fourth-order valence-corrected chi connectivity index (χ4v) is 3.15. The van der Waals surface area contributed by atoms with Crippen LogP contribution in [0.3, 0.4) is 0 Å². The maximum Gasteiger partial charge on any atom is 0.0409 e. The summed E-state index contributed by atoms with van der Waals surface area (Å²) in [6, 6.07) is 13.4. The summed E-state index contributed by atoms with van der Waals surface area (Å²) in [7, 11) is 0. The molecule has 1 saturated carbocycles. The maximum absolute atomic E-state index is 6.61. The normalized spacial score (nSPS) is 19.0. The summed E-state index contributed by atoms with van der Waals surface area (Å²) < 4.78 is 0. The number of nitrogens with two attached hydrogens (primary N) is 1. The van der Waals surface area contributed by atoms with Gasteiger partial charge in [0.15, 0.2) is 0 Å². The van der Waals surface area contributed by atoms with Crippen molar-refractivity contribution in [2.75, 3.05) is 0 Å². The van der Waals surface area contributed by atoms with Gasteiger partial charge in [-0.3, -0.25) is 0 Å². The van der Waals surface area contributed by atoms with Crippen LogP contribution in [0, 0.1) is 6.92 Å². The van der Waals surface area contributed by atoms with Gasteiger partial charge < -0.3 is 5.73 Å². The van der Waals surface area contributed by atoms with Crippen LogP contribution in [0.1, 0.15) is 43.2 Å². The molecule has 0 heterocycles. The lowest BCUT2D eigenvalue weighted by Crippen LogP contribution is -2.38. The molecule has 0 aliphatic heterocycles. The average molecular weight is 239 g/mol. The van der Waals surface area contributed by atoms with Crippen LogP contribution in [-0.4, -0.2) is 0 Å². The lowest BCUT2D eigenvalue weighted by Gasteiger charge is -2.34. The molecule has 18 heavy (non-hydrogen) atoms. The summed E-state index contributed by atoms with van der Waals surface area (Å²) in [5.41, 5.74) is 9.16. The van der Waals surface area contributed by atoms with Crippen LogP contribution in [0.5, 0.6) is 0 Å². The predicted octanol–water partition coefficient (Wildman–Crippen LogP) is 4.27. The molecule has 1 aliphatic carbocycles. The number of hydrogen-bond acceptors (Lipinski definition) is 1. The summed E-state index contributed by atoms with van der Waals surface area (Å²) in [6.07, 6.45) is 6.13. The van der Waals surface area contributed by atoms with Gasteiger partial charge in [0, 0.05) is 5.54 Å². The van der Waals surface area contributed by atoms with Gasteiger partial charge in [-0.05, 0) is 42.2 Å². The average Bonchev–Trinajstić information content (AvgIpc) is 2.38. The van der Waals surface area contributed by atoms with Crippen LogP contribution in [0.2, 0.25) is 0 Å². The zero-order chi connectivity index (χ0) is 12.6. The molecule has 0 bridgehead atoms. The molecule has 0 aromatic heterocycles. The van der Waals surface area contributed by atoms with Crippen molar-refractivity contribution in [2.24, 2.45) is 5.73 Å². The SMILES string of the molecule is Cc1ccc2ccc(C3(N)CCCCC3)cc2c1. The van der Waals surface area contributed by atoms with E-state index >= 15 is 0 Å². The number of fused-ring (bicyclic) bond motifs is 1. The summed E-state index contributed by atoms with van der Waals surface area (Å²) in [5.74, 6) is 0. The Hall–Kier alpha value is -1.34. The predicted molar refractivity (Wildman–Crippen MR) is 77.6 cm³/mol. The molecule has 2 aromatic rings. The lowest BCUT2D eigenvalue weighted by atomic mass is 9.77. The van der Waals surface area contributed by atoms with E-state index in [9.17, 15) is 0 Å². The van der Waals surface area contributed by atoms with Crippen LogP contribution in [0.15, 0.2) is 36.4 Å². The summed E-state index contributed by atoms with van der Waals surface area (Å²) >= 11 is 0. The van der Waals surface area contributed by atoms with E-state index in [0.717, 1.165) is 12.8 Å². The van der Waals surface area contributed by atoms with Crippen molar-refractivity contribution in [3.63, 3.8) is 0 Å². The van der Waals surface area contributed by atoms with Crippen molar-refractivity contribution >= 4 is 10.8 Å². The first-order chi connectivity index (χ1) is 8.67. The molecule has 1 nitrogen and oxygen atoms in total. The molecule has 0 unspecified atom stereocenters. The van der Waals surface area contributed by atoms with E-state index in [1.54, 1.807) is 0 Å². The third kappa shape index (κ3) is 2.04. The van der Waals surface area contributed by atoms with E-state index in [-0.39, 0.29) is 5.54 Å². The van der Waals surface area contributed by atoms with Crippen LogP contribution in [0.4, 0.5) is 0 Å². The lowest BCUT2D eigenvalue weighted by molar-refractivity contribution is 0.302. The van der Waals surface area contributed by atoms with Gasteiger partial charge >= 0.3 is 0 Å². The highest BCUT2D eigenvalue weighted by molar-refractivity contribution is 5.84. The highest BCUT2D eigenvalue weighted by Gasteiger charge is 2.29. The molecule has 0 saturated heterocycles. The van der Waals surface area contributed by atoms with E-state index in [2.05, 4.69) is 43.3 Å². The fourth-order valence-electron chi connectivity index (χ4n) is 3.15. The smallest absolute Gasteiger partial charge is 0.0409 e. The molecular formula is C17H21N. The largest absolute Gasteiger partial charge is 0.321 e. The third-order valence-corrected chi connectivity index (χ3v) is 4.32. The standard InChI is InChI=1S/C17H21N/c1-13-5-6-14-7-8-16(12-15(14)11-13)17(18)9-3-2-4-10-17/h5-8,11-12H,2-4,9-10,18H2,1H3. The van der Waals surface area contributed by atoms with Gasteiger partial charge in [0.05, 0.1) is 0 Å². The van der Waals surface area contributed by atoms with Crippen LogP contribution in [-0.2, 0) is 5.54 Å². The molecule has 0 spiro atoms. The quantitative estimate of drug-likeness (QED) is 0.790. The monoisotopic (exact) mass is 239 g/mol. The molecule has 3 rings (SSSR count). The molecule has 0 atom stereocenters. The van der Waals surface area contributed by atoms with Crippen LogP contribution < -0.4 is 5.73 Å². The Balaban J connectivity index is 2.06. The molecule has 2 aromatic carbocycles. The molecule has 1 heteroatoms. The second-order valence-electron chi connectivity index (χ2n) is 5.78. The topological polar surface area (TPSA) is 26.0 Å². The Morgan fingerprint density at radius 3 is 2.39 bits per heavy atom. The zero-order valence-corrected chi connectivity index (χ0v) is 11.1. The Morgan fingerprint density at radius 1 is 0.889 bits per heavy atom. The Morgan fingerprint density at radius 2 is 1.61 bits per heavy atom. The summed E-state index contributed by atoms with van der Waals surface area (Å²) in [6.45, 7) is 2.14. The summed E-state index contributed by atoms with van der Waals surface area (Å²) in [4.78, 5) is 0. The molecule has 2 N–H and O–H groups in total. The van der Waals surface area contributed by atoms with E-state index in [1.807, 2.05) is 0 Å². The molecule has 1 fully saturated rings. The van der Waals surface area contributed by atoms with Gasteiger partial charge in [-0.1, -0.05) is 55.2 Å². The number of benzene rings is 2. The first-order valence-corrected chi connectivity index (χ1v) is 6.97. The first-order valence-electron chi connectivity index (χ1n) is 6.97. The van der Waals surface area contributed by atoms with Crippen molar-refractivity contribution < 1.29 is 0 Å². The molecule has 1 aliphatic rings. The second-order valence-corrected chi connectivity index (χ2v) is 5.78. The maximum atomic E-state index is 6.61. The third-order valence-electron chi connectivity index (χ3n) is 4.32. The highest BCUT2D eigenvalue weighted by Crippen LogP contribution is 2.35. The van der Waals surface area contributed by atoms with E-state index < -0.39 is 0 Å². The molecular weight excluding hydrogens is 218 g/mol. The minimum Gasteiger partial charge on any atom is -0.321 e. The highest BCUT2D eigenvalue weighted by atomic mass is 14.7. The van der Waals surface area contributed by atoms with Gasteiger partial charge in [-0.2, -0.15) is 0 Å². The zero-order valence-electron chi connectivity index (χ0n) is 11.1. The molecule has 0 amide bonds. The number of hydrogen-bond donors (Lipinski definition) is 1. The van der Waals surface area contributed by atoms with Gasteiger partial charge in [0.1, 0.15) is 0 Å². The van der Waals surface area contributed by atoms with Crippen molar-refractivity contribution in [1.82, 2.24) is 0 Å². The fraction of sp³-hybridized carbons (Fsp3) is 0.412. The van der Waals surface area contributed by atoms with Crippen molar-refractivity contribution in [1.29, 1.82) is 0 Å². The summed E-state index contributed by atoms with van der Waals surface area (Å²) in [5, 5.41) is 2.63. The second kappa shape index (κ2) is 4.40. The van der Waals surface area contributed by atoms with Crippen molar-refractivity contribution in [3.05, 3.63) is 47.5 Å². The van der Waals surface area contributed by atoms with Crippen LogP contribution in [0.25, 0.3) is 10.8 Å². The molecule has 0 radical (unpaired) electrons. The number of aryl methyl sites for hydroxylation is 1. The Bertz CT molecular complexity index is 565. The minimum absolute atomic E-state index is 0.0871. The number of rotatable bonds is 1. The van der Waals surface area contributed by atoms with Gasteiger partial charge in [0.2, 0.25) is 0 Å². The Kier molecular flexibility index (Phi) is 2.87. The van der Waals surface area contributed by atoms with Gasteiger partial charge in [0.25, 0.3) is 0 Å². The van der Waals surface area contributed by atoms with E-state index in [0.29, 0.717) is 0 Å². The van der Waals surface area contributed by atoms with Gasteiger partial charge in [-0.15, -0.1) is 0 Å².